The summed E-state index contributed by atoms with van der Waals surface area (Å²) >= 11 is 1.47. The van der Waals surface area contributed by atoms with Gasteiger partial charge in [0.25, 0.3) is 5.91 Å². The summed E-state index contributed by atoms with van der Waals surface area (Å²) < 4.78 is 11.0. The van der Waals surface area contributed by atoms with Crippen LogP contribution in [-0.4, -0.2) is 49.6 Å². The molecule has 0 radical (unpaired) electrons. The van der Waals surface area contributed by atoms with Crippen LogP contribution in [0.25, 0.3) is 5.82 Å². The number of para-hydroxylation sites is 1. The van der Waals surface area contributed by atoms with Crippen LogP contribution in [0, 0.1) is 0 Å². The maximum atomic E-state index is 12.8. The van der Waals surface area contributed by atoms with Crippen LogP contribution in [0.5, 0.6) is 11.5 Å². The molecule has 33 heavy (non-hydrogen) atoms. The van der Waals surface area contributed by atoms with Crippen LogP contribution in [0.2, 0.25) is 0 Å². The van der Waals surface area contributed by atoms with E-state index in [1.807, 2.05) is 30.3 Å². The Morgan fingerprint density at radius 3 is 2.82 bits per heavy atom. The number of rotatable bonds is 8. The normalized spacial score (nSPS) is 11.1. The Bertz CT molecular complexity index is 1290. The minimum Gasteiger partial charge on any atom is -0.504 e. The van der Waals surface area contributed by atoms with E-state index in [0.29, 0.717) is 17.0 Å². The number of aromatic nitrogens is 5. The number of nitrogens with two attached hydrogens (primary N) is 1. The summed E-state index contributed by atoms with van der Waals surface area (Å²) in [4.78, 5) is 13.8. The van der Waals surface area contributed by atoms with Crippen LogP contribution in [-0.2, 0) is 5.75 Å². The predicted octanol–water partition coefficient (Wildman–Crippen LogP) is 2.00. The maximum absolute atomic E-state index is 12.8. The molecule has 0 unspecified atom stereocenters. The van der Waals surface area contributed by atoms with Gasteiger partial charge in [0.2, 0.25) is 11.6 Å². The van der Waals surface area contributed by atoms with Crippen LogP contribution in [0.15, 0.2) is 63.2 Å². The summed E-state index contributed by atoms with van der Waals surface area (Å²) in [7, 11) is 1.44. The van der Waals surface area contributed by atoms with Crippen molar-refractivity contribution >= 4 is 29.7 Å². The number of aromatic hydroxyl groups is 1. The molecule has 2 aromatic carbocycles. The molecule has 4 aromatic rings. The zero-order valence-electron chi connectivity index (χ0n) is 17.2. The monoisotopic (exact) mass is 466 g/mol. The molecule has 0 aliphatic carbocycles. The zero-order chi connectivity index (χ0) is 23.2. The van der Waals surface area contributed by atoms with Crippen LogP contribution >= 0.6 is 11.8 Å². The molecule has 4 rings (SSSR count). The van der Waals surface area contributed by atoms with Crippen molar-refractivity contribution in [2.75, 3.05) is 12.8 Å². The summed E-state index contributed by atoms with van der Waals surface area (Å²) in [6.07, 6.45) is 1.29. The summed E-state index contributed by atoms with van der Waals surface area (Å²) in [6, 6.07) is 14.5. The van der Waals surface area contributed by atoms with E-state index < -0.39 is 5.91 Å². The molecule has 168 valence electrons. The molecule has 0 atom stereocenters. The second-order valence-electron chi connectivity index (χ2n) is 6.47. The molecule has 13 heteroatoms. The number of ether oxygens (including phenoxy) is 1. The van der Waals surface area contributed by atoms with Crippen molar-refractivity contribution in [1.29, 1.82) is 0 Å². The molecule has 0 saturated heterocycles. The van der Waals surface area contributed by atoms with E-state index in [4.69, 9.17) is 10.5 Å². The summed E-state index contributed by atoms with van der Waals surface area (Å²) in [5.41, 5.74) is 8.98. The Morgan fingerprint density at radius 1 is 1.27 bits per heavy atom. The third-order valence-electron chi connectivity index (χ3n) is 4.41. The number of hydrogen-bond donors (Lipinski definition) is 3. The third kappa shape index (κ3) is 4.77. The number of hydrazone groups is 1. The highest BCUT2D eigenvalue weighted by atomic mass is 32.2. The van der Waals surface area contributed by atoms with Gasteiger partial charge in [-0.25, -0.2) is 10.1 Å². The molecule has 1 amide bonds. The average Bonchev–Trinajstić information content (AvgIpc) is 3.45. The number of carbonyl (C=O) groups is 1. The highest BCUT2D eigenvalue weighted by Crippen LogP contribution is 2.28. The Labute approximate surface area is 191 Å². The molecule has 0 spiro atoms. The highest BCUT2D eigenvalue weighted by Gasteiger charge is 2.24. The summed E-state index contributed by atoms with van der Waals surface area (Å²) in [5.74, 6) is 0.0231. The van der Waals surface area contributed by atoms with Gasteiger partial charge in [0.05, 0.1) is 19.0 Å². The van der Waals surface area contributed by atoms with Crippen molar-refractivity contribution in [1.82, 2.24) is 30.7 Å². The number of hydrogen-bond acceptors (Lipinski definition) is 11. The molecule has 2 heterocycles. The topological polar surface area (TPSA) is 167 Å². The number of nitrogen functional groups attached to an aromatic ring is 1. The van der Waals surface area contributed by atoms with E-state index in [0.717, 1.165) is 4.90 Å². The number of thioether (sulfide) groups is 1. The number of nitrogens with zero attached hydrogens (tertiary/aromatic N) is 6. The Morgan fingerprint density at radius 2 is 2.09 bits per heavy atom. The van der Waals surface area contributed by atoms with E-state index in [1.165, 1.54) is 29.8 Å². The quantitative estimate of drug-likeness (QED) is 0.198. The van der Waals surface area contributed by atoms with Crippen LogP contribution < -0.4 is 15.9 Å². The Kier molecular flexibility index (Phi) is 6.50. The second kappa shape index (κ2) is 9.82. The molecule has 4 N–H and O–H groups in total. The largest absolute Gasteiger partial charge is 0.504 e. The number of methoxy groups -OCH3 is 1. The van der Waals surface area contributed by atoms with E-state index in [-0.39, 0.29) is 28.8 Å². The first-order valence-electron chi connectivity index (χ1n) is 9.48. The van der Waals surface area contributed by atoms with E-state index in [1.54, 1.807) is 18.2 Å². The van der Waals surface area contributed by atoms with Gasteiger partial charge in [-0.1, -0.05) is 29.5 Å². The van der Waals surface area contributed by atoms with Gasteiger partial charge in [0.15, 0.2) is 17.2 Å². The van der Waals surface area contributed by atoms with Crippen molar-refractivity contribution < 1.29 is 19.3 Å². The Hall–Kier alpha value is -4.39. The fraction of sp³-hybridized carbons (Fsp3) is 0.100. The second-order valence-corrected chi connectivity index (χ2v) is 7.52. The van der Waals surface area contributed by atoms with Crippen molar-refractivity contribution in [3.8, 4) is 17.3 Å². The number of phenols is 1. The van der Waals surface area contributed by atoms with Crippen LogP contribution in [0.1, 0.15) is 21.7 Å². The molecular formula is C20H18N8O4S. The van der Waals surface area contributed by atoms with Crippen LogP contribution in [0.4, 0.5) is 5.82 Å². The van der Waals surface area contributed by atoms with Crippen molar-refractivity contribution in [3.63, 3.8) is 0 Å². The molecule has 0 saturated carbocycles. The lowest BCUT2D eigenvalue weighted by molar-refractivity contribution is 0.0949. The number of amides is 1. The van der Waals surface area contributed by atoms with Gasteiger partial charge in [0, 0.05) is 16.2 Å². The van der Waals surface area contributed by atoms with Gasteiger partial charge in [-0.2, -0.15) is 9.78 Å². The van der Waals surface area contributed by atoms with E-state index in [9.17, 15) is 9.90 Å². The fourth-order valence-electron chi connectivity index (χ4n) is 2.81. The Balaban J connectivity index is 1.58. The lowest BCUT2D eigenvalue weighted by Crippen LogP contribution is -2.20. The minimum absolute atomic E-state index is 0.00402. The van der Waals surface area contributed by atoms with Gasteiger partial charge in [-0.15, -0.1) is 16.9 Å². The first kappa shape index (κ1) is 21.8. The van der Waals surface area contributed by atoms with E-state index >= 15 is 0 Å². The number of carbonyl (C=O) groups excluding carboxylic acids is 1. The van der Waals surface area contributed by atoms with Gasteiger partial charge < -0.3 is 15.6 Å². The van der Waals surface area contributed by atoms with Gasteiger partial charge in [-0.05, 0) is 34.6 Å². The zero-order valence-corrected chi connectivity index (χ0v) is 18.1. The van der Waals surface area contributed by atoms with Crippen LogP contribution in [0.3, 0.4) is 0 Å². The number of nitrogens with one attached hydrogen (secondary N) is 1. The van der Waals surface area contributed by atoms with Crippen molar-refractivity contribution in [3.05, 3.63) is 65.5 Å². The highest BCUT2D eigenvalue weighted by molar-refractivity contribution is 7.98. The van der Waals surface area contributed by atoms with Gasteiger partial charge in [0.1, 0.15) is 0 Å². The van der Waals surface area contributed by atoms with E-state index in [2.05, 4.69) is 35.8 Å². The summed E-state index contributed by atoms with van der Waals surface area (Å²) in [5, 5.41) is 29.3. The molecule has 2 aromatic heterocycles. The lowest BCUT2D eigenvalue weighted by Gasteiger charge is -2.06. The maximum Gasteiger partial charge on any atom is 0.293 e. The molecule has 0 aliphatic rings. The first-order chi connectivity index (χ1) is 16.1. The molecule has 0 fully saturated rings. The molecule has 0 aliphatic heterocycles. The molecular weight excluding hydrogens is 448 g/mol. The van der Waals surface area contributed by atoms with Gasteiger partial charge >= 0.3 is 0 Å². The summed E-state index contributed by atoms with van der Waals surface area (Å²) in [6.45, 7) is 0. The van der Waals surface area contributed by atoms with Gasteiger partial charge in [-0.3, -0.25) is 4.79 Å². The molecule has 0 bridgehead atoms. The first-order valence-corrected chi connectivity index (χ1v) is 10.5. The number of anilines is 1. The van der Waals surface area contributed by atoms with Crippen molar-refractivity contribution in [2.45, 2.75) is 10.6 Å². The average molecular weight is 466 g/mol. The standard InChI is InChI=1S/C20H18N8O4S/c1-31-15-9-5-6-12(17(15)29)10-22-24-20(30)16-14(11-33-13-7-3-2-4-8-13)28(27-23-16)19-18(21)25-32-26-19/h2-10,29H,11H2,1H3,(H2,21,25)(H,24,30)/b22-10-. The lowest BCUT2D eigenvalue weighted by atomic mass is 10.2. The third-order valence-corrected chi connectivity index (χ3v) is 5.44. The molecule has 12 nitrogen and oxygen atoms in total. The smallest absolute Gasteiger partial charge is 0.293 e. The minimum atomic E-state index is -0.612. The van der Waals surface area contributed by atoms with Crippen molar-refractivity contribution in [2.24, 2.45) is 5.10 Å². The number of phenolic OH excluding ortho intramolecular Hbond substituents is 1. The fourth-order valence-corrected chi connectivity index (χ4v) is 3.72. The predicted molar refractivity (Wildman–Crippen MR) is 119 cm³/mol. The number of benzene rings is 2. The SMILES string of the molecule is COc1cccc(/C=N\NC(=O)c2nnn(-c3nonc3N)c2CSc2ccccc2)c1O.